The van der Waals surface area contributed by atoms with Crippen molar-refractivity contribution in [3.63, 3.8) is 0 Å². The van der Waals surface area contributed by atoms with Crippen molar-refractivity contribution < 1.29 is 14.3 Å². The van der Waals surface area contributed by atoms with Gasteiger partial charge in [0.05, 0.1) is 18.5 Å². The van der Waals surface area contributed by atoms with E-state index >= 15 is 0 Å². The first kappa shape index (κ1) is 10.9. The Kier molecular flexibility index (Phi) is 2.33. The van der Waals surface area contributed by atoms with Crippen LogP contribution in [0.25, 0.3) is 0 Å². The topological polar surface area (TPSA) is 72.1 Å². The summed E-state index contributed by atoms with van der Waals surface area (Å²) >= 11 is 0. The number of rotatable bonds is 1. The van der Waals surface area contributed by atoms with E-state index in [0.717, 1.165) is 11.3 Å². The fraction of sp³-hybridized carbons (Fsp3) is 0.545. The number of aromatic amines is 1. The molecule has 1 aromatic heterocycles. The number of nitrogens with zero attached hydrogens (tertiary/aromatic N) is 1. The molecule has 1 saturated heterocycles. The van der Waals surface area contributed by atoms with E-state index in [2.05, 4.69) is 14.9 Å². The second-order valence-corrected chi connectivity index (χ2v) is 5.00. The van der Waals surface area contributed by atoms with Gasteiger partial charge < -0.3 is 4.74 Å². The van der Waals surface area contributed by atoms with E-state index in [0.29, 0.717) is 0 Å². The lowest BCUT2D eigenvalue weighted by Crippen LogP contribution is -2.17. The van der Waals surface area contributed by atoms with Gasteiger partial charge in [0.15, 0.2) is 0 Å². The first-order chi connectivity index (χ1) is 7.39. The highest BCUT2D eigenvalue weighted by molar-refractivity contribution is 5.98. The number of aromatic nitrogens is 2. The van der Waals surface area contributed by atoms with Crippen LogP contribution in [0.4, 0.5) is 0 Å². The SMILES string of the molecule is CC(C)(C)c1[nH]ncc1C1CC(=O)OC1=O. The molecule has 1 aliphatic heterocycles. The molecule has 0 saturated carbocycles. The molecule has 1 N–H and O–H groups in total. The van der Waals surface area contributed by atoms with Crippen LogP contribution in [0.5, 0.6) is 0 Å². The quantitative estimate of drug-likeness (QED) is 0.573. The average molecular weight is 222 g/mol. The molecule has 5 heteroatoms. The van der Waals surface area contributed by atoms with Gasteiger partial charge in [-0.05, 0) is 0 Å². The van der Waals surface area contributed by atoms with E-state index in [1.165, 1.54) is 0 Å². The number of nitrogens with one attached hydrogen (secondary N) is 1. The van der Waals surface area contributed by atoms with E-state index in [9.17, 15) is 9.59 Å². The average Bonchev–Trinajstić information content (AvgIpc) is 2.69. The Bertz CT molecular complexity index is 442. The van der Waals surface area contributed by atoms with Gasteiger partial charge in [-0.3, -0.25) is 14.7 Å². The van der Waals surface area contributed by atoms with Crippen molar-refractivity contribution in [2.45, 2.75) is 38.5 Å². The molecule has 0 bridgehead atoms. The second-order valence-electron chi connectivity index (χ2n) is 5.00. The van der Waals surface area contributed by atoms with E-state index in [4.69, 9.17) is 0 Å². The molecule has 1 aromatic rings. The molecule has 1 aliphatic rings. The highest BCUT2D eigenvalue weighted by atomic mass is 16.6. The largest absolute Gasteiger partial charge is 0.393 e. The van der Waals surface area contributed by atoms with Crippen molar-refractivity contribution in [2.75, 3.05) is 0 Å². The lowest BCUT2D eigenvalue weighted by molar-refractivity contribution is -0.152. The molecule has 1 fully saturated rings. The first-order valence-electron chi connectivity index (χ1n) is 5.18. The van der Waals surface area contributed by atoms with Crippen LogP contribution in [0.15, 0.2) is 6.20 Å². The van der Waals surface area contributed by atoms with Gasteiger partial charge >= 0.3 is 11.9 Å². The number of carbonyl (C=O) groups is 2. The van der Waals surface area contributed by atoms with E-state index in [-0.39, 0.29) is 11.8 Å². The third-order valence-electron chi connectivity index (χ3n) is 2.66. The lowest BCUT2D eigenvalue weighted by atomic mass is 9.85. The maximum Gasteiger partial charge on any atom is 0.321 e. The first-order valence-corrected chi connectivity index (χ1v) is 5.18. The summed E-state index contributed by atoms with van der Waals surface area (Å²) in [5, 5.41) is 6.84. The molecule has 0 aliphatic carbocycles. The summed E-state index contributed by atoms with van der Waals surface area (Å²) in [6.45, 7) is 6.06. The summed E-state index contributed by atoms with van der Waals surface area (Å²) in [5.41, 5.74) is 1.50. The zero-order valence-corrected chi connectivity index (χ0v) is 9.53. The van der Waals surface area contributed by atoms with Gasteiger partial charge in [-0.15, -0.1) is 0 Å². The predicted molar refractivity (Wildman–Crippen MR) is 55.7 cm³/mol. The van der Waals surface area contributed by atoms with Crippen LogP contribution in [0.1, 0.15) is 44.4 Å². The third kappa shape index (κ3) is 1.73. The van der Waals surface area contributed by atoms with Crippen molar-refractivity contribution >= 4 is 11.9 Å². The van der Waals surface area contributed by atoms with Crippen LogP contribution in [0, 0.1) is 0 Å². The minimum absolute atomic E-state index is 0.113. The summed E-state index contributed by atoms with van der Waals surface area (Å²) < 4.78 is 4.55. The predicted octanol–water partition coefficient (Wildman–Crippen LogP) is 1.26. The van der Waals surface area contributed by atoms with Gasteiger partial charge in [0.25, 0.3) is 0 Å². The van der Waals surface area contributed by atoms with Gasteiger partial charge in [0.1, 0.15) is 0 Å². The van der Waals surface area contributed by atoms with Gasteiger partial charge in [-0.1, -0.05) is 20.8 Å². The molecule has 0 spiro atoms. The van der Waals surface area contributed by atoms with E-state index in [1.54, 1.807) is 6.20 Å². The smallest absolute Gasteiger partial charge is 0.321 e. The van der Waals surface area contributed by atoms with Crippen LogP contribution in [0.3, 0.4) is 0 Å². The molecule has 1 atom stereocenters. The number of cyclic esters (lactones) is 2. The molecule has 0 radical (unpaired) electrons. The Morgan fingerprint density at radius 3 is 2.62 bits per heavy atom. The summed E-state index contributed by atoms with van der Waals surface area (Å²) in [4.78, 5) is 22.5. The second kappa shape index (κ2) is 3.43. The highest BCUT2D eigenvalue weighted by Gasteiger charge is 2.38. The van der Waals surface area contributed by atoms with Gasteiger partial charge in [-0.25, -0.2) is 0 Å². The molecule has 16 heavy (non-hydrogen) atoms. The number of ether oxygens (including phenoxy) is 1. The zero-order chi connectivity index (χ0) is 11.9. The van der Waals surface area contributed by atoms with Crippen molar-refractivity contribution in [3.8, 4) is 0 Å². The molecule has 0 amide bonds. The molecular formula is C11H14N2O3. The Labute approximate surface area is 93.2 Å². The number of H-pyrrole nitrogens is 1. The molecule has 2 rings (SSSR count). The molecule has 5 nitrogen and oxygen atoms in total. The minimum Gasteiger partial charge on any atom is -0.393 e. The zero-order valence-electron chi connectivity index (χ0n) is 9.53. The number of esters is 2. The Balaban J connectivity index is 2.38. The minimum atomic E-state index is -0.500. The summed E-state index contributed by atoms with van der Waals surface area (Å²) in [6.07, 6.45) is 1.71. The van der Waals surface area contributed by atoms with Crippen LogP contribution in [0.2, 0.25) is 0 Å². The van der Waals surface area contributed by atoms with Crippen molar-refractivity contribution in [1.82, 2.24) is 10.2 Å². The third-order valence-corrected chi connectivity index (χ3v) is 2.66. The molecule has 1 unspecified atom stereocenters. The lowest BCUT2D eigenvalue weighted by Gasteiger charge is -2.19. The van der Waals surface area contributed by atoms with Gasteiger partial charge in [0.2, 0.25) is 0 Å². The number of hydrogen-bond acceptors (Lipinski definition) is 4. The Morgan fingerprint density at radius 1 is 1.44 bits per heavy atom. The molecule has 0 aromatic carbocycles. The van der Waals surface area contributed by atoms with Crippen molar-refractivity contribution in [3.05, 3.63) is 17.5 Å². The molecule has 2 heterocycles. The summed E-state index contributed by atoms with van der Waals surface area (Å²) in [5.74, 6) is -1.44. The summed E-state index contributed by atoms with van der Waals surface area (Å²) in [7, 11) is 0. The van der Waals surface area contributed by atoms with Crippen molar-refractivity contribution in [1.29, 1.82) is 0 Å². The Morgan fingerprint density at radius 2 is 2.12 bits per heavy atom. The Hall–Kier alpha value is -1.65. The normalized spacial score (nSPS) is 21.3. The maximum atomic E-state index is 11.5. The summed E-state index contributed by atoms with van der Waals surface area (Å²) in [6, 6.07) is 0. The van der Waals surface area contributed by atoms with Crippen molar-refractivity contribution in [2.24, 2.45) is 0 Å². The van der Waals surface area contributed by atoms with Crippen LogP contribution in [-0.4, -0.2) is 22.1 Å². The fourth-order valence-electron chi connectivity index (χ4n) is 1.87. The van der Waals surface area contributed by atoms with E-state index < -0.39 is 17.9 Å². The molecule has 86 valence electrons. The number of carbonyl (C=O) groups excluding carboxylic acids is 2. The highest BCUT2D eigenvalue weighted by Crippen LogP contribution is 2.33. The fourth-order valence-corrected chi connectivity index (χ4v) is 1.87. The van der Waals surface area contributed by atoms with E-state index in [1.807, 2.05) is 20.8 Å². The van der Waals surface area contributed by atoms with Gasteiger partial charge in [-0.2, -0.15) is 5.10 Å². The standard InChI is InChI=1S/C11H14N2O3/c1-11(2,3)9-7(5-12-13-9)6-4-8(14)16-10(6)15/h5-6H,4H2,1-3H3,(H,12,13). The molecular weight excluding hydrogens is 208 g/mol. The maximum absolute atomic E-state index is 11.5. The van der Waals surface area contributed by atoms with Crippen LogP contribution >= 0.6 is 0 Å². The van der Waals surface area contributed by atoms with Crippen LogP contribution in [-0.2, 0) is 19.7 Å². The van der Waals surface area contributed by atoms with Gasteiger partial charge in [0, 0.05) is 16.7 Å². The van der Waals surface area contributed by atoms with Crippen LogP contribution < -0.4 is 0 Å². The number of hydrogen-bond donors (Lipinski definition) is 1. The monoisotopic (exact) mass is 222 g/mol.